The van der Waals surface area contributed by atoms with Gasteiger partial charge in [0.1, 0.15) is 10.7 Å². The van der Waals surface area contributed by atoms with Crippen molar-refractivity contribution in [2.75, 3.05) is 33.9 Å². The molecule has 226 valence electrons. The first-order chi connectivity index (χ1) is 21.0. The highest BCUT2D eigenvalue weighted by atomic mass is 32.1. The molecule has 0 saturated carbocycles. The molecule has 43 heavy (non-hydrogen) atoms. The second kappa shape index (κ2) is 15.1. The van der Waals surface area contributed by atoms with Crippen molar-refractivity contribution in [3.05, 3.63) is 111 Å². The van der Waals surface area contributed by atoms with Crippen LogP contribution in [0, 0.1) is 6.92 Å². The minimum Gasteiger partial charge on any atom is -0.493 e. The van der Waals surface area contributed by atoms with Gasteiger partial charge in [0.25, 0.3) is 5.91 Å². The Morgan fingerprint density at radius 2 is 1.65 bits per heavy atom. The van der Waals surface area contributed by atoms with Gasteiger partial charge in [-0.05, 0) is 55.0 Å². The van der Waals surface area contributed by atoms with Crippen LogP contribution in [0.2, 0.25) is 0 Å². The molecule has 0 spiro atoms. The zero-order valence-corrected chi connectivity index (χ0v) is 26.2. The van der Waals surface area contributed by atoms with E-state index in [-0.39, 0.29) is 11.9 Å². The lowest BCUT2D eigenvalue weighted by Gasteiger charge is -2.32. The van der Waals surface area contributed by atoms with Crippen molar-refractivity contribution in [3.63, 3.8) is 0 Å². The smallest absolute Gasteiger partial charge is 0.270 e. The van der Waals surface area contributed by atoms with Gasteiger partial charge in [-0.1, -0.05) is 66.2 Å². The molecule has 0 unspecified atom stereocenters. The summed E-state index contributed by atoms with van der Waals surface area (Å²) >= 11 is 1.56. The summed E-state index contributed by atoms with van der Waals surface area (Å²) in [6, 6.07) is 25.5. The molecular formula is C35H42N4O3S. The number of carbonyl (C=O) groups is 1. The molecule has 0 bridgehead atoms. The fourth-order valence-electron chi connectivity index (χ4n) is 5.50. The van der Waals surface area contributed by atoms with Crippen LogP contribution in [0.3, 0.4) is 0 Å². The lowest BCUT2D eigenvalue weighted by atomic mass is 10.0. The number of carbonyl (C=O) groups excluding carboxylic acids is 1. The van der Waals surface area contributed by atoms with E-state index in [4.69, 9.17) is 14.5 Å². The van der Waals surface area contributed by atoms with Crippen molar-refractivity contribution in [1.82, 2.24) is 20.1 Å². The predicted molar refractivity (Wildman–Crippen MR) is 173 cm³/mol. The Labute approximate surface area is 259 Å². The summed E-state index contributed by atoms with van der Waals surface area (Å²) in [6.07, 6.45) is 2.76. The number of methoxy groups -OCH3 is 2. The van der Waals surface area contributed by atoms with Crippen LogP contribution >= 0.6 is 11.3 Å². The maximum atomic E-state index is 13.1. The van der Waals surface area contributed by atoms with Crippen molar-refractivity contribution < 1.29 is 14.3 Å². The zero-order chi connectivity index (χ0) is 30.0. The summed E-state index contributed by atoms with van der Waals surface area (Å²) in [6.45, 7) is 7.35. The van der Waals surface area contributed by atoms with E-state index in [0.717, 1.165) is 68.5 Å². The molecule has 0 atom stereocenters. The van der Waals surface area contributed by atoms with Crippen LogP contribution in [0.25, 0.3) is 0 Å². The molecule has 0 aliphatic carbocycles. The van der Waals surface area contributed by atoms with Gasteiger partial charge in [0.15, 0.2) is 11.5 Å². The molecule has 1 aliphatic rings. The van der Waals surface area contributed by atoms with Gasteiger partial charge in [0.2, 0.25) is 0 Å². The van der Waals surface area contributed by atoms with Crippen molar-refractivity contribution in [3.8, 4) is 11.5 Å². The molecule has 4 aromatic rings. The molecule has 1 saturated heterocycles. The standard InChI is InChI=1S/C35H42N4O3S/c1-26-9-11-29(12-10-26)23-39(18-15-27-13-14-32(41-2)33(21-27)42-3)24-34-37-31(25-43-34)35(40)36-30-16-19-38(20-17-30)22-28-7-5-4-6-8-28/h4-14,21,25,30H,15-20,22-24H2,1-3H3,(H,36,40). The molecule has 1 N–H and O–H groups in total. The van der Waals surface area contributed by atoms with E-state index in [1.807, 2.05) is 17.5 Å². The molecule has 7 nitrogen and oxygen atoms in total. The first kappa shape index (κ1) is 30.7. The van der Waals surface area contributed by atoms with Gasteiger partial charge >= 0.3 is 0 Å². The molecule has 1 aromatic heterocycles. The van der Waals surface area contributed by atoms with Gasteiger partial charge < -0.3 is 14.8 Å². The average molecular weight is 599 g/mol. The Hall–Kier alpha value is -3.72. The minimum atomic E-state index is -0.0700. The van der Waals surface area contributed by atoms with Crippen molar-refractivity contribution >= 4 is 17.2 Å². The molecule has 0 radical (unpaired) electrons. The zero-order valence-electron chi connectivity index (χ0n) is 25.4. The number of ether oxygens (including phenoxy) is 2. The quantitative estimate of drug-likeness (QED) is 0.200. The number of nitrogens with one attached hydrogen (secondary N) is 1. The monoisotopic (exact) mass is 598 g/mol. The number of benzene rings is 3. The first-order valence-electron chi connectivity index (χ1n) is 15.0. The number of piperidine rings is 1. The van der Waals surface area contributed by atoms with E-state index >= 15 is 0 Å². The maximum Gasteiger partial charge on any atom is 0.270 e. The van der Waals surface area contributed by atoms with E-state index in [0.29, 0.717) is 12.2 Å². The first-order valence-corrected chi connectivity index (χ1v) is 15.9. The van der Waals surface area contributed by atoms with Gasteiger partial charge in [-0.2, -0.15) is 0 Å². The van der Waals surface area contributed by atoms with Crippen LogP contribution in [0.5, 0.6) is 11.5 Å². The van der Waals surface area contributed by atoms with Gasteiger partial charge in [-0.25, -0.2) is 4.98 Å². The van der Waals surface area contributed by atoms with Crippen LogP contribution in [0.15, 0.2) is 78.2 Å². The Bertz CT molecular complexity index is 1450. The molecule has 5 rings (SSSR count). The largest absolute Gasteiger partial charge is 0.493 e. The number of nitrogens with zero attached hydrogens (tertiary/aromatic N) is 3. The summed E-state index contributed by atoms with van der Waals surface area (Å²) in [5, 5.41) is 6.08. The molecule has 1 aliphatic heterocycles. The summed E-state index contributed by atoms with van der Waals surface area (Å²) in [5.74, 6) is 1.40. The topological polar surface area (TPSA) is 66.9 Å². The van der Waals surface area contributed by atoms with Crippen LogP contribution in [0.4, 0.5) is 0 Å². The number of likely N-dealkylation sites (tertiary alicyclic amines) is 1. The predicted octanol–water partition coefficient (Wildman–Crippen LogP) is 6.11. The van der Waals surface area contributed by atoms with Gasteiger partial charge in [0, 0.05) is 44.1 Å². The van der Waals surface area contributed by atoms with Crippen LogP contribution < -0.4 is 14.8 Å². The highest BCUT2D eigenvalue weighted by Crippen LogP contribution is 2.28. The molecule has 1 fully saturated rings. The number of rotatable bonds is 13. The van der Waals surface area contributed by atoms with E-state index in [9.17, 15) is 4.79 Å². The number of hydrogen-bond acceptors (Lipinski definition) is 7. The van der Waals surface area contributed by atoms with Crippen LogP contribution in [0.1, 0.15) is 50.6 Å². The average Bonchev–Trinajstić information content (AvgIpc) is 3.51. The second-order valence-corrected chi connectivity index (χ2v) is 12.2. The van der Waals surface area contributed by atoms with Crippen molar-refractivity contribution in [2.24, 2.45) is 0 Å². The number of thiazole rings is 1. The minimum absolute atomic E-state index is 0.0700. The molecule has 3 aromatic carbocycles. The van der Waals surface area contributed by atoms with Crippen molar-refractivity contribution in [2.45, 2.75) is 51.9 Å². The fraction of sp³-hybridized carbons (Fsp3) is 0.371. The van der Waals surface area contributed by atoms with Crippen molar-refractivity contribution in [1.29, 1.82) is 0 Å². The third-order valence-corrected chi connectivity index (χ3v) is 8.84. The molecule has 1 amide bonds. The van der Waals surface area contributed by atoms with Gasteiger partial charge in [-0.3, -0.25) is 14.6 Å². The Morgan fingerprint density at radius 1 is 0.930 bits per heavy atom. The lowest BCUT2D eigenvalue weighted by Crippen LogP contribution is -2.44. The third-order valence-electron chi connectivity index (χ3n) is 8.01. The number of aromatic nitrogens is 1. The summed E-state index contributed by atoms with van der Waals surface area (Å²) in [5.41, 5.74) is 5.53. The Kier molecular flexibility index (Phi) is 10.8. The maximum absolute atomic E-state index is 13.1. The summed E-state index contributed by atoms with van der Waals surface area (Å²) in [4.78, 5) is 22.7. The molecule has 8 heteroatoms. The fourth-order valence-corrected chi connectivity index (χ4v) is 6.32. The highest BCUT2D eigenvalue weighted by molar-refractivity contribution is 7.09. The van der Waals surface area contributed by atoms with E-state index < -0.39 is 0 Å². The Morgan fingerprint density at radius 3 is 2.37 bits per heavy atom. The Balaban J connectivity index is 1.17. The highest BCUT2D eigenvalue weighted by Gasteiger charge is 2.22. The second-order valence-electron chi connectivity index (χ2n) is 11.3. The third kappa shape index (κ3) is 8.89. The number of aryl methyl sites for hydroxylation is 1. The molecular weight excluding hydrogens is 556 g/mol. The molecule has 2 heterocycles. The number of hydrogen-bond donors (Lipinski definition) is 1. The van der Waals surface area contributed by atoms with Crippen LogP contribution in [-0.4, -0.2) is 60.6 Å². The van der Waals surface area contributed by atoms with E-state index in [2.05, 4.69) is 82.7 Å². The SMILES string of the molecule is COc1ccc(CCN(Cc2ccc(C)cc2)Cc2nc(C(=O)NC3CCN(Cc4ccccc4)CC3)cs2)cc1OC. The van der Waals surface area contributed by atoms with Gasteiger partial charge in [0.05, 0.1) is 20.8 Å². The lowest BCUT2D eigenvalue weighted by molar-refractivity contribution is 0.0904. The normalized spacial score (nSPS) is 14.1. The van der Waals surface area contributed by atoms with Gasteiger partial charge in [-0.15, -0.1) is 11.3 Å². The van der Waals surface area contributed by atoms with E-state index in [1.54, 1.807) is 25.6 Å². The summed E-state index contributed by atoms with van der Waals surface area (Å²) in [7, 11) is 3.32. The van der Waals surface area contributed by atoms with E-state index in [1.165, 1.54) is 22.3 Å². The van der Waals surface area contributed by atoms with Crippen LogP contribution in [-0.2, 0) is 26.1 Å². The number of amides is 1. The summed E-state index contributed by atoms with van der Waals surface area (Å²) < 4.78 is 10.9.